The lowest BCUT2D eigenvalue weighted by Gasteiger charge is -2.21. The number of anilines is 1. The van der Waals surface area contributed by atoms with E-state index in [0.717, 1.165) is 12.8 Å². The van der Waals surface area contributed by atoms with Crippen LogP contribution in [0.1, 0.15) is 30.1 Å². The monoisotopic (exact) mass is 262 g/mol. The van der Waals surface area contributed by atoms with E-state index >= 15 is 0 Å². The van der Waals surface area contributed by atoms with Crippen LogP contribution < -0.4 is 5.32 Å². The van der Waals surface area contributed by atoms with Crippen LogP contribution in [0.25, 0.3) is 0 Å². The summed E-state index contributed by atoms with van der Waals surface area (Å²) in [6, 6.07) is 6.84. The largest absolute Gasteiger partial charge is 0.395 e. The van der Waals surface area contributed by atoms with Gasteiger partial charge in [-0.25, -0.2) is 4.79 Å². The highest BCUT2D eigenvalue weighted by Gasteiger charge is 2.32. The van der Waals surface area contributed by atoms with Gasteiger partial charge in [0.2, 0.25) is 0 Å². The molecule has 1 aliphatic rings. The number of rotatable bonds is 5. The summed E-state index contributed by atoms with van der Waals surface area (Å²) in [5.74, 6) is -0.00207. The summed E-state index contributed by atoms with van der Waals surface area (Å²) in [5, 5.41) is 11.7. The summed E-state index contributed by atoms with van der Waals surface area (Å²) in [7, 11) is 0. The third-order valence-corrected chi connectivity index (χ3v) is 3.13. The molecule has 0 unspecified atom stereocenters. The summed E-state index contributed by atoms with van der Waals surface area (Å²) in [6.45, 7) is 1.82. The molecule has 0 aliphatic heterocycles. The quantitative estimate of drug-likeness (QED) is 0.796. The van der Waals surface area contributed by atoms with Crippen LogP contribution in [-0.4, -0.2) is 41.0 Å². The third kappa shape index (κ3) is 3.54. The average Bonchev–Trinajstić information content (AvgIpc) is 3.20. The van der Waals surface area contributed by atoms with Crippen molar-refractivity contribution in [3.63, 3.8) is 0 Å². The van der Waals surface area contributed by atoms with Crippen LogP contribution in [0.15, 0.2) is 24.3 Å². The molecule has 19 heavy (non-hydrogen) atoms. The summed E-state index contributed by atoms with van der Waals surface area (Å²) in [5.41, 5.74) is 1.27. The number of hydrogen-bond acceptors (Lipinski definition) is 3. The number of Topliss-reactive ketones (excluding diaryl/α,β-unsaturated/α-hetero) is 1. The lowest BCUT2D eigenvalue weighted by Crippen LogP contribution is -2.38. The van der Waals surface area contributed by atoms with Gasteiger partial charge in [0.15, 0.2) is 5.78 Å². The van der Waals surface area contributed by atoms with Gasteiger partial charge in [-0.05, 0) is 44.0 Å². The number of carbonyl (C=O) groups is 2. The van der Waals surface area contributed by atoms with Crippen molar-refractivity contribution in [3.05, 3.63) is 29.8 Å². The minimum atomic E-state index is -0.202. The molecule has 0 radical (unpaired) electrons. The number of aliphatic hydroxyl groups excluding tert-OH is 1. The molecule has 1 aliphatic carbocycles. The molecule has 0 saturated heterocycles. The predicted molar refractivity (Wildman–Crippen MR) is 72.3 cm³/mol. The van der Waals surface area contributed by atoms with Crippen molar-refractivity contribution >= 4 is 17.5 Å². The Balaban J connectivity index is 1.99. The number of aliphatic hydroxyl groups is 1. The van der Waals surface area contributed by atoms with Gasteiger partial charge in [-0.15, -0.1) is 0 Å². The van der Waals surface area contributed by atoms with Crippen LogP contribution in [0.2, 0.25) is 0 Å². The fraction of sp³-hybridized carbons (Fsp3) is 0.429. The number of nitrogens with zero attached hydrogens (tertiary/aromatic N) is 1. The van der Waals surface area contributed by atoms with Crippen molar-refractivity contribution in [2.24, 2.45) is 0 Å². The van der Waals surface area contributed by atoms with Crippen LogP contribution >= 0.6 is 0 Å². The number of urea groups is 1. The Morgan fingerprint density at radius 1 is 1.32 bits per heavy atom. The zero-order valence-corrected chi connectivity index (χ0v) is 10.9. The van der Waals surface area contributed by atoms with E-state index < -0.39 is 0 Å². The molecule has 1 aromatic carbocycles. The van der Waals surface area contributed by atoms with E-state index in [9.17, 15) is 9.59 Å². The highest BCUT2D eigenvalue weighted by Crippen LogP contribution is 2.27. The molecular formula is C14H18N2O3. The van der Waals surface area contributed by atoms with Crippen molar-refractivity contribution in [1.82, 2.24) is 4.90 Å². The number of benzene rings is 1. The SMILES string of the molecule is CC(=O)c1ccc(NC(=O)N(CCO)C2CC2)cc1. The Kier molecular flexibility index (Phi) is 4.16. The van der Waals surface area contributed by atoms with Gasteiger partial charge in [-0.2, -0.15) is 0 Å². The van der Waals surface area contributed by atoms with Crippen molar-refractivity contribution in [2.75, 3.05) is 18.5 Å². The minimum absolute atomic E-state index is 0.00207. The van der Waals surface area contributed by atoms with Gasteiger partial charge in [-0.3, -0.25) is 4.79 Å². The number of hydrogen-bond donors (Lipinski definition) is 2. The Hall–Kier alpha value is -1.88. The standard InChI is InChI=1S/C14H18N2O3/c1-10(18)11-2-4-12(5-3-11)15-14(19)16(8-9-17)13-6-7-13/h2-5,13,17H,6-9H2,1H3,(H,15,19). The van der Waals surface area contributed by atoms with Crippen LogP contribution in [-0.2, 0) is 0 Å². The Labute approximate surface area is 112 Å². The van der Waals surface area contributed by atoms with Crippen molar-refractivity contribution in [3.8, 4) is 0 Å². The van der Waals surface area contributed by atoms with Gasteiger partial charge in [0.05, 0.1) is 6.61 Å². The lowest BCUT2D eigenvalue weighted by molar-refractivity contribution is 0.101. The van der Waals surface area contributed by atoms with E-state index in [-0.39, 0.29) is 24.5 Å². The summed E-state index contributed by atoms with van der Waals surface area (Å²) in [4.78, 5) is 24.8. The zero-order valence-electron chi connectivity index (χ0n) is 10.9. The van der Waals surface area contributed by atoms with Crippen LogP contribution in [0.5, 0.6) is 0 Å². The molecule has 1 saturated carbocycles. The number of nitrogens with one attached hydrogen (secondary N) is 1. The molecule has 0 heterocycles. The van der Waals surface area contributed by atoms with Gasteiger partial charge in [0.1, 0.15) is 0 Å². The second kappa shape index (κ2) is 5.84. The Morgan fingerprint density at radius 3 is 2.42 bits per heavy atom. The van der Waals surface area contributed by atoms with Gasteiger partial charge in [-0.1, -0.05) is 0 Å². The number of ketones is 1. The first-order chi connectivity index (χ1) is 9.11. The Morgan fingerprint density at radius 2 is 1.95 bits per heavy atom. The molecule has 5 heteroatoms. The van der Waals surface area contributed by atoms with Gasteiger partial charge >= 0.3 is 6.03 Å². The second-order valence-electron chi connectivity index (χ2n) is 4.71. The molecule has 0 aromatic heterocycles. The van der Waals surface area contributed by atoms with Crippen molar-refractivity contribution in [1.29, 1.82) is 0 Å². The molecule has 102 valence electrons. The minimum Gasteiger partial charge on any atom is -0.395 e. The van der Waals surface area contributed by atoms with Gasteiger partial charge in [0.25, 0.3) is 0 Å². The van der Waals surface area contributed by atoms with E-state index in [1.165, 1.54) is 6.92 Å². The summed E-state index contributed by atoms with van der Waals surface area (Å²) >= 11 is 0. The zero-order chi connectivity index (χ0) is 13.8. The van der Waals surface area contributed by atoms with E-state index in [1.54, 1.807) is 29.2 Å². The Bertz CT molecular complexity index is 466. The number of amides is 2. The third-order valence-electron chi connectivity index (χ3n) is 3.13. The second-order valence-corrected chi connectivity index (χ2v) is 4.71. The molecule has 0 spiro atoms. The van der Waals surface area contributed by atoms with E-state index in [2.05, 4.69) is 5.32 Å². The fourth-order valence-electron chi connectivity index (χ4n) is 1.93. The highest BCUT2D eigenvalue weighted by molar-refractivity contribution is 5.95. The first-order valence-electron chi connectivity index (χ1n) is 6.41. The maximum atomic E-state index is 12.0. The molecule has 5 nitrogen and oxygen atoms in total. The molecule has 2 rings (SSSR count). The van der Waals surface area contributed by atoms with Crippen LogP contribution in [0.3, 0.4) is 0 Å². The van der Waals surface area contributed by atoms with Gasteiger partial charge in [0, 0.05) is 23.8 Å². The summed E-state index contributed by atoms with van der Waals surface area (Å²) < 4.78 is 0. The highest BCUT2D eigenvalue weighted by atomic mass is 16.3. The fourth-order valence-corrected chi connectivity index (χ4v) is 1.93. The van der Waals surface area contributed by atoms with E-state index in [4.69, 9.17) is 5.11 Å². The van der Waals surface area contributed by atoms with Crippen LogP contribution in [0.4, 0.5) is 10.5 Å². The topological polar surface area (TPSA) is 69.6 Å². The van der Waals surface area contributed by atoms with E-state index in [1.807, 2.05) is 0 Å². The average molecular weight is 262 g/mol. The van der Waals surface area contributed by atoms with E-state index in [0.29, 0.717) is 17.8 Å². The molecule has 0 bridgehead atoms. The maximum Gasteiger partial charge on any atom is 0.322 e. The number of carbonyl (C=O) groups excluding carboxylic acids is 2. The molecule has 0 atom stereocenters. The predicted octanol–water partition coefficient (Wildman–Crippen LogP) is 1.88. The summed E-state index contributed by atoms with van der Waals surface area (Å²) in [6.07, 6.45) is 1.99. The maximum absolute atomic E-state index is 12.0. The normalized spacial score (nSPS) is 14.0. The molecular weight excluding hydrogens is 244 g/mol. The van der Waals surface area contributed by atoms with Crippen molar-refractivity contribution in [2.45, 2.75) is 25.8 Å². The lowest BCUT2D eigenvalue weighted by atomic mass is 10.1. The smallest absolute Gasteiger partial charge is 0.322 e. The first-order valence-corrected chi connectivity index (χ1v) is 6.41. The molecule has 2 N–H and O–H groups in total. The molecule has 2 amide bonds. The van der Waals surface area contributed by atoms with Crippen LogP contribution in [0, 0.1) is 0 Å². The molecule has 1 aromatic rings. The first kappa shape index (κ1) is 13.5. The molecule has 1 fully saturated rings. The van der Waals surface area contributed by atoms with Crippen molar-refractivity contribution < 1.29 is 14.7 Å². The van der Waals surface area contributed by atoms with Gasteiger partial charge < -0.3 is 15.3 Å².